The highest BCUT2D eigenvalue weighted by molar-refractivity contribution is 5.94. The predicted octanol–water partition coefficient (Wildman–Crippen LogP) is 2.78. The van der Waals surface area contributed by atoms with Gasteiger partial charge in [-0.15, -0.1) is 0 Å². The maximum Gasteiger partial charge on any atom is 0.330 e. The highest BCUT2D eigenvalue weighted by Crippen LogP contribution is 2.24. The van der Waals surface area contributed by atoms with Crippen LogP contribution in [0.2, 0.25) is 0 Å². The Morgan fingerprint density at radius 2 is 1.52 bits per heavy atom. The summed E-state index contributed by atoms with van der Waals surface area (Å²) in [6, 6.07) is 19.6. The Balaban J connectivity index is 1.88. The first-order chi connectivity index (χ1) is 12.1. The third-order valence-corrected chi connectivity index (χ3v) is 4.11. The molecule has 0 unspecified atom stereocenters. The van der Waals surface area contributed by atoms with Crippen LogP contribution in [0.15, 0.2) is 72.8 Å². The summed E-state index contributed by atoms with van der Waals surface area (Å²) in [5.74, 6) is -1.67. The number of rotatable bonds is 5. The van der Waals surface area contributed by atoms with Gasteiger partial charge in [-0.3, -0.25) is 4.79 Å². The Morgan fingerprint density at radius 3 is 2.24 bits per heavy atom. The molecule has 0 spiro atoms. The number of hydrogen-bond acceptors (Lipinski definition) is 3. The van der Waals surface area contributed by atoms with Crippen LogP contribution in [0.4, 0.5) is 0 Å². The minimum absolute atomic E-state index is 0.494. The van der Waals surface area contributed by atoms with E-state index in [2.05, 4.69) is 5.32 Å². The van der Waals surface area contributed by atoms with Crippen LogP contribution in [0.3, 0.4) is 0 Å². The molecular weight excluding hydrogens is 316 g/mol. The maximum atomic E-state index is 12.6. The Labute approximate surface area is 145 Å². The van der Waals surface area contributed by atoms with E-state index in [1.54, 1.807) is 36.4 Å². The van der Waals surface area contributed by atoms with Gasteiger partial charge < -0.3 is 16.2 Å². The van der Waals surface area contributed by atoms with Gasteiger partial charge in [-0.1, -0.05) is 72.8 Å². The van der Waals surface area contributed by atoms with Crippen molar-refractivity contribution in [2.75, 3.05) is 0 Å². The highest BCUT2D eigenvalue weighted by atomic mass is 16.4. The summed E-state index contributed by atoms with van der Waals surface area (Å²) in [7, 11) is 0. The first-order valence-corrected chi connectivity index (χ1v) is 7.89. The Kier molecular flexibility index (Phi) is 4.77. The second-order valence-electron chi connectivity index (χ2n) is 5.74. The topological polar surface area (TPSA) is 92.4 Å². The van der Waals surface area contributed by atoms with Gasteiger partial charge in [0.05, 0.1) is 0 Å². The fourth-order valence-corrected chi connectivity index (χ4v) is 2.83. The first kappa shape index (κ1) is 16.7. The van der Waals surface area contributed by atoms with Crippen molar-refractivity contribution in [2.24, 2.45) is 5.73 Å². The molecule has 0 saturated heterocycles. The van der Waals surface area contributed by atoms with Crippen molar-refractivity contribution in [3.63, 3.8) is 0 Å². The molecule has 0 bridgehead atoms. The number of nitrogens with two attached hydrogens (primary N) is 1. The summed E-state index contributed by atoms with van der Waals surface area (Å²) in [5, 5.41) is 13.8. The molecule has 0 aliphatic rings. The van der Waals surface area contributed by atoms with Crippen molar-refractivity contribution in [2.45, 2.75) is 12.1 Å². The lowest BCUT2D eigenvalue weighted by molar-refractivity contribution is -0.142. The molecule has 5 heteroatoms. The van der Waals surface area contributed by atoms with Gasteiger partial charge in [0.25, 0.3) is 0 Å². The predicted molar refractivity (Wildman–Crippen MR) is 95.8 cm³/mol. The zero-order valence-corrected chi connectivity index (χ0v) is 13.4. The summed E-state index contributed by atoms with van der Waals surface area (Å²) in [6.07, 6.45) is 0. The minimum atomic E-state index is -1.14. The molecule has 3 aromatic carbocycles. The lowest BCUT2D eigenvalue weighted by Gasteiger charge is -2.19. The molecule has 3 rings (SSSR count). The molecule has 5 nitrogen and oxygen atoms in total. The fraction of sp³-hybridized carbons (Fsp3) is 0.100. The fourth-order valence-electron chi connectivity index (χ4n) is 2.83. The van der Waals surface area contributed by atoms with Gasteiger partial charge in [-0.05, 0) is 21.9 Å². The van der Waals surface area contributed by atoms with Gasteiger partial charge in [0, 0.05) is 0 Å². The van der Waals surface area contributed by atoms with Crippen LogP contribution in [-0.2, 0) is 9.59 Å². The molecule has 25 heavy (non-hydrogen) atoms. The molecule has 0 fully saturated rings. The minimum Gasteiger partial charge on any atom is -0.479 e. The summed E-state index contributed by atoms with van der Waals surface area (Å²) in [6.45, 7) is 0. The van der Waals surface area contributed by atoms with E-state index in [1.807, 2.05) is 36.4 Å². The van der Waals surface area contributed by atoms with E-state index in [4.69, 9.17) is 5.73 Å². The Bertz CT molecular complexity index is 904. The summed E-state index contributed by atoms with van der Waals surface area (Å²) < 4.78 is 0. The quantitative estimate of drug-likeness (QED) is 0.669. The number of aliphatic carboxylic acids is 1. The van der Waals surface area contributed by atoms with Crippen molar-refractivity contribution in [1.82, 2.24) is 5.32 Å². The molecule has 1 amide bonds. The van der Waals surface area contributed by atoms with Crippen LogP contribution < -0.4 is 11.1 Å². The second kappa shape index (κ2) is 7.15. The van der Waals surface area contributed by atoms with Gasteiger partial charge in [-0.25, -0.2) is 4.79 Å². The van der Waals surface area contributed by atoms with Gasteiger partial charge in [0.1, 0.15) is 6.04 Å². The third-order valence-electron chi connectivity index (χ3n) is 4.11. The Hall–Kier alpha value is -3.18. The molecule has 0 saturated carbocycles. The third kappa shape index (κ3) is 3.51. The van der Waals surface area contributed by atoms with Gasteiger partial charge in [0.15, 0.2) is 6.04 Å². The number of hydrogen-bond donors (Lipinski definition) is 3. The van der Waals surface area contributed by atoms with Gasteiger partial charge in [-0.2, -0.15) is 0 Å². The Morgan fingerprint density at radius 1 is 0.880 bits per heavy atom. The van der Waals surface area contributed by atoms with Crippen molar-refractivity contribution in [3.05, 3.63) is 83.9 Å². The zero-order chi connectivity index (χ0) is 17.8. The second-order valence-corrected chi connectivity index (χ2v) is 5.74. The lowest BCUT2D eigenvalue weighted by atomic mass is 9.98. The van der Waals surface area contributed by atoms with Gasteiger partial charge >= 0.3 is 5.97 Å². The number of nitrogens with one attached hydrogen (secondary N) is 1. The number of amides is 1. The molecule has 3 aromatic rings. The van der Waals surface area contributed by atoms with Crippen LogP contribution >= 0.6 is 0 Å². The lowest BCUT2D eigenvalue weighted by Crippen LogP contribution is -2.39. The molecule has 4 N–H and O–H groups in total. The maximum absolute atomic E-state index is 12.6. The van der Waals surface area contributed by atoms with Crippen molar-refractivity contribution in [3.8, 4) is 0 Å². The van der Waals surface area contributed by atoms with E-state index < -0.39 is 24.0 Å². The van der Waals surface area contributed by atoms with Crippen molar-refractivity contribution in [1.29, 1.82) is 0 Å². The average molecular weight is 334 g/mol. The number of carbonyl (C=O) groups is 2. The summed E-state index contributed by atoms with van der Waals surface area (Å²) in [5.41, 5.74) is 7.28. The van der Waals surface area contributed by atoms with Crippen LogP contribution in [-0.4, -0.2) is 17.0 Å². The van der Waals surface area contributed by atoms with Crippen LogP contribution in [0.25, 0.3) is 10.8 Å². The standard InChI is InChI=1S/C20H18N2O3/c21-17(16-12-6-10-13-7-4-5-11-15(13)16)19(23)22-18(20(24)25)14-8-2-1-3-9-14/h1-12,17-18H,21H2,(H,22,23)(H,24,25)/t17-,18-/m1/s1. The van der Waals surface area contributed by atoms with Crippen LogP contribution in [0, 0.1) is 0 Å². The molecule has 0 heterocycles. The molecule has 126 valence electrons. The molecule has 0 radical (unpaired) electrons. The smallest absolute Gasteiger partial charge is 0.330 e. The zero-order valence-electron chi connectivity index (χ0n) is 13.4. The average Bonchev–Trinajstić information content (AvgIpc) is 2.65. The molecule has 0 aromatic heterocycles. The number of carbonyl (C=O) groups excluding carboxylic acids is 1. The molecule has 2 atom stereocenters. The molecule has 0 aliphatic heterocycles. The largest absolute Gasteiger partial charge is 0.479 e. The van der Waals surface area contributed by atoms with E-state index in [1.165, 1.54) is 0 Å². The van der Waals surface area contributed by atoms with E-state index >= 15 is 0 Å². The molecular formula is C20H18N2O3. The van der Waals surface area contributed by atoms with Crippen LogP contribution in [0.5, 0.6) is 0 Å². The monoisotopic (exact) mass is 334 g/mol. The van der Waals surface area contributed by atoms with E-state index in [-0.39, 0.29) is 0 Å². The molecule has 0 aliphatic carbocycles. The highest BCUT2D eigenvalue weighted by Gasteiger charge is 2.26. The summed E-state index contributed by atoms with van der Waals surface area (Å²) >= 11 is 0. The van der Waals surface area contributed by atoms with E-state index in [0.29, 0.717) is 11.1 Å². The first-order valence-electron chi connectivity index (χ1n) is 7.89. The van der Waals surface area contributed by atoms with E-state index in [0.717, 1.165) is 10.8 Å². The summed E-state index contributed by atoms with van der Waals surface area (Å²) in [4.78, 5) is 24.1. The number of carboxylic acids is 1. The van der Waals surface area contributed by atoms with Crippen LogP contribution in [0.1, 0.15) is 23.2 Å². The number of fused-ring (bicyclic) bond motifs is 1. The SMILES string of the molecule is N[C@@H](C(=O)N[C@@H](C(=O)O)c1ccccc1)c1cccc2ccccc12. The van der Waals surface area contributed by atoms with Crippen molar-refractivity contribution < 1.29 is 14.7 Å². The normalized spacial score (nSPS) is 13.2. The van der Waals surface area contributed by atoms with E-state index in [9.17, 15) is 14.7 Å². The van der Waals surface area contributed by atoms with Crippen molar-refractivity contribution >= 4 is 22.6 Å². The number of benzene rings is 3. The van der Waals surface area contributed by atoms with Gasteiger partial charge in [0.2, 0.25) is 5.91 Å². The number of carboxylic acid groups (broad SMARTS) is 1.